The molecule has 1 aliphatic heterocycles. The van der Waals surface area contributed by atoms with Crippen LogP contribution in [0.2, 0.25) is 0 Å². The summed E-state index contributed by atoms with van der Waals surface area (Å²) in [6.45, 7) is 4.96. The van der Waals surface area contributed by atoms with Crippen molar-refractivity contribution in [2.45, 2.75) is 46.0 Å². The van der Waals surface area contributed by atoms with E-state index in [4.69, 9.17) is 21.7 Å². The van der Waals surface area contributed by atoms with Crippen molar-refractivity contribution in [3.63, 3.8) is 0 Å². The van der Waals surface area contributed by atoms with Crippen molar-refractivity contribution in [2.75, 3.05) is 18.6 Å². The van der Waals surface area contributed by atoms with Gasteiger partial charge in [-0.2, -0.15) is 0 Å². The topological polar surface area (TPSA) is 38.8 Å². The normalized spacial score (nSPS) is 15.1. The summed E-state index contributed by atoms with van der Waals surface area (Å²) in [6, 6.07) is 13.8. The summed E-state index contributed by atoms with van der Waals surface area (Å²) >= 11 is 6.83. The lowest BCUT2D eigenvalue weighted by molar-refractivity contribution is -0.113. The highest BCUT2D eigenvalue weighted by atomic mass is 32.2. The van der Waals surface area contributed by atoms with Crippen LogP contribution in [0.25, 0.3) is 6.08 Å². The number of benzene rings is 2. The van der Waals surface area contributed by atoms with Crippen molar-refractivity contribution in [3.05, 3.63) is 58.5 Å². The van der Waals surface area contributed by atoms with Crippen LogP contribution in [0.3, 0.4) is 0 Å². The van der Waals surface area contributed by atoms with Gasteiger partial charge < -0.3 is 9.47 Å². The molecule has 1 heterocycles. The summed E-state index contributed by atoms with van der Waals surface area (Å²) in [7, 11) is 1.62. The van der Waals surface area contributed by atoms with Crippen LogP contribution in [-0.4, -0.2) is 23.9 Å². The van der Waals surface area contributed by atoms with Crippen LogP contribution in [0.1, 0.15) is 50.7 Å². The summed E-state index contributed by atoms with van der Waals surface area (Å²) in [4.78, 5) is 15.3. The van der Waals surface area contributed by atoms with Crippen molar-refractivity contribution >= 4 is 46.0 Å². The second kappa shape index (κ2) is 11.3. The van der Waals surface area contributed by atoms with Crippen molar-refractivity contribution in [1.82, 2.24) is 0 Å². The standard InChI is InChI=1S/C25H29NO3S2/c1-4-6-8-18-9-12-20(13-10-18)26-24(27)23(31-25(26)30)17-19-11-14-21(22(16-19)28-3)29-15-7-5-2/h9-14,16-17H,4-8,15H2,1-3H3/b23-17-. The van der Waals surface area contributed by atoms with Crippen LogP contribution in [-0.2, 0) is 11.2 Å². The van der Waals surface area contributed by atoms with E-state index in [0.29, 0.717) is 27.3 Å². The summed E-state index contributed by atoms with van der Waals surface area (Å²) in [5, 5.41) is 0. The third-order valence-electron chi connectivity index (χ3n) is 5.05. The van der Waals surface area contributed by atoms with Gasteiger partial charge in [-0.15, -0.1) is 0 Å². The van der Waals surface area contributed by atoms with E-state index in [1.54, 1.807) is 12.0 Å². The fraction of sp³-hybridized carbons (Fsp3) is 0.360. The average Bonchev–Trinajstić information content (AvgIpc) is 3.06. The summed E-state index contributed by atoms with van der Waals surface area (Å²) in [5.74, 6) is 1.27. The number of unbranched alkanes of at least 4 members (excludes halogenated alkanes) is 2. The number of hydrogen-bond acceptors (Lipinski definition) is 5. The molecular formula is C25H29NO3S2. The van der Waals surface area contributed by atoms with Gasteiger partial charge >= 0.3 is 0 Å². The summed E-state index contributed by atoms with van der Waals surface area (Å²) in [5.41, 5.74) is 2.96. The lowest BCUT2D eigenvalue weighted by atomic mass is 10.1. The van der Waals surface area contributed by atoms with Gasteiger partial charge in [-0.3, -0.25) is 9.69 Å². The molecule has 0 unspecified atom stereocenters. The third-order valence-corrected chi connectivity index (χ3v) is 6.35. The number of carbonyl (C=O) groups is 1. The number of ether oxygens (including phenoxy) is 2. The maximum atomic E-state index is 13.1. The van der Waals surface area contributed by atoms with Gasteiger partial charge in [0.2, 0.25) is 0 Å². The molecule has 0 aliphatic carbocycles. The highest BCUT2D eigenvalue weighted by Gasteiger charge is 2.33. The Bertz CT molecular complexity index is 954. The van der Waals surface area contributed by atoms with E-state index in [2.05, 4.69) is 26.0 Å². The van der Waals surface area contributed by atoms with Crippen molar-refractivity contribution in [3.8, 4) is 11.5 Å². The van der Waals surface area contributed by atoms with E-state index in [9.17, 15) is 4.79 Å². The van der Waals surface area contributed by atoms with Gasteiger partial charge in [0.15, 0.2) is 15.8 Å². The van der Waals surface area contributed by atoms with E-state index in [1.807, 2.05) is 36.4 Å². The summed E-state index contributed by atoms with van der Waals surface area (Å²) < 4.78 is 11.8. The maximum Gasteiger partial charge on any atom is 0.270 e. The smallest absolute Gasteiger partial charge is 0.270 e. The minimum atomic E-state index is -0.0986. The first kappa shape index (κ1) is 23.4. The molecule has 0 aromatic heterocycles. The molecule has 31 heavy (non-hydrogen) atoms. The molecule has 0 spiro atoms. The van der Waals surface area contributed by atoms with Crippen LogP contribution in [0.4, 0.5) is 5.69 Å². The quantitative estimate of drug-likeness (QED) is 0.229. The van der Waals surface area contributed by atoms with E-state index in [0.717, 1.165) is 43.4 Å². The molecule has 1 saturated heterocycles. The second-order valence-corrected chi connectivity index (χ2v) is 9.08. The van der Waals surface area contributed by atoms with Gasteiger partial charge in [0.05, 0.1) is 24.3 Å². The summed E-state index contributed by atoms with van der Waals surface area (Å²) in [6.07, 6.45) is 7.30. The number of thioether (sulfide) groups is 1. The number of aryl methyl sites for hydroxylation is 1. The highest BCUT2D eigenvalue weighted by molar-refractivity contribution is 8.27. The van der Waals surface area contributed by atoms with Crippen LogP contribution in [0, 0.1) is 0 Å². The molecule has 2 aromatic carbocycles. The van der Waals surface area contributed by atoms with Gasteiger partial charge in [-0.1, -0.05) is 68.9 Å². The van der Waals surface area contributed by atoms with Crippen molar-refractivity contribution < 1.29 is 14.3 Å². The zero-order valence-electron chi connectivity index (χ0n) is 18.3. The van der Waals surface area contributed by atoms with Gasteiger partial charge in [-0.05, 0) is 60.7 Å². The number of thiocarbonyl (C=S) groups is 1. The number of hydrogen-bond donors (Lipinski definition) is 0. The predicted molar refractivity (Wildman–Crippen MR) is 134 cm³/mol. The molecule has 3 rings (SSSR count). The second-order valence-electron chi connectivity index (χ2n) is 7.40. The number of nitrogens with zero attached hydrogens (tertiary/aromatic N) is 1. The zero-order valence-corrected chi connectivity index (χ0v) is 20.0. The first-order valence-corrected chi connectivity index (χ1v) is 12.0. The zero-order chi connectivity index (χ0) is 22.2. The Morgan fingerprint density at radius 1 is 1.03 bits per heavy atom. The lowest BCUT2D eigenvalue weighted by Gasteiger charge is -2.15. The molecule has 6 heteroatoms. The number of methoxy groups -OCH3 is 1. The molecule has 0 radical (unpaired) electrons. The van der Waals surface area contributed by atoms with Crippen LogP contribution < -0.4 is 14.4 Å². The highest BCUT2D eigenvalue weighted by Crippen LogP contribution is 2.37. The first-order valence-electron chi connectivity index (χ1n) is 10.7. The Kier molecular flexibility index (Phi) is 8.55. The van der Waals surface area contributed by atoms with Gasteiger partial charge in [0.25, 0.3) is 5.91 Å². The molecule has 1 amide bonds. The number of anilines is 1. The average molecular weight is 456 g/mol. The van der Waals surface area contributed by atoms with Gasteiger partial charge in [-0.25, -0.2) is 0 Å². The van der Waals surface area contributed by atoms with Gasteiger partial charge in [0, 0.05) is 0 Å². The lowest BCUT2D eigenvalue weighted by Crippen LogP contribution is -2.27. The molecule has 4 nitrogen and oxygen atoms in total. The Labute approximate surface area is 194 Å². The van der Waals surface area contributed by atoms with Crippen molar-refractivity contribution in [2.24, 2.45) is 0 Å². The molecule has 0 N–H and O–H groups in total. The van der Waals surface area contributed by atoms with Crippen molar-refractivity contribution in [1.29, 1.82) is 0 Å². The Hall–Kier alpha value is -2.31. The Balaban J connectivity index is 1.76. The SMILES string of the molecule is CCCCOc1ccc(/C=C2\SC(=S)N(c3ccc(CCCC)cc3)C2=O)cc1OC. The fourth-order valence-corrected chi connectivity index (χ4v) is 4.55. The molecule has 0 atom stereocenters. The van der Waals surface area contributed by atoms with E-state index < -0.39 is 0 Å². The monoisotopic (exact) mass is 455 g/mol. The van der Waals surface area contributed by atoms with Crippen LogP contribution >= 0.6 is 24.0 Å². The number of carbonyl (C=O) groups excluding carboxylic acids is 1. The van der Waals surface area contributed by atoms with Gasteiger partial charge in [0.1, 0.15) is 0 Å². The number of rotatable bonds is 10. The fourth-order valence-electron chi connectivity index (χ4n) is 3.25. The molecular weight excluding hydrogens is 426 g/mol. The Morgan fingerprint density at radius 3 is 2.45 bits per heavy atom. The molecule has 0 saturated carbocycles. The molecule has 164 valence electrons. The minimum Gasteiger partial charge on any atom is -0.493 e. The molecule has 1 aliphatic rings. The third kappa shape index (κ3) is 5.89. The molecule has 1 fully saturated rings. The van der Waals surface area contributed by atoms with E-state index >= 15 is 0 Å². The van der Waals surface area contributed by atoms with E-state index in [1.165, 1.54) is 17.3 Å². The largest absolute Gasteiger partial charge is 0.493 e. The predicted octanol–water partition coefficient (Wildman–Crippen LogP) is 6.62. The molecule has 2 aromatic rings. The van der Waals surface area contributed by atoms with Crippen LogP contribution in [0.5, 0.6) is 11.5 Å². The number of amides is 1. The maximum absolute atomic E-state index is 13.1. The minimum absolute atomic E-state index is 0.0986. The first-order chi connectivity index (χ1) is 15.1. The van der Waals surface area contributed by atoms with E-state index in [-0.39, 0.29) is 5.91 Å². The molecule has 0 bridgehead atoms. The van der Waals surface area contributed by atoms with Crippen LogP contribution in [0.15, 0.2) is 47.4 Å². The Morgan fingerprint density at radius 2 is 1.77 bits per heavy atom.